The lowest BCUT2D eigenvalue weighted by molar-refractivity contribution is 0.102. The van der Waals surface area contributed by atoms with Crippen molar-refractivity contribution < 1.29 is 14.3 Å². The van der Waals surface area contributed by atoms with Crippen molar-refractivity contribution in [1.82, 2.24) is 4.98 Å². The summed E-state index contributed by atoms with van der Waals surface area (Å²) in [6.07, 6.45) is 3.57. The van der Waals surface area contributed by atoms with Gasteiger partial charge in [0.05, 0.1) is 18.2 Å². The summed E-state index contributed by atoms with van der Waals surface area (Å²) in [5.74, 6) is 1.16. The number of benzene rings is 1. The Morgan fingerprint density at radius 3 is 2.76 bits per heavy atom. The molecular formula is C19H23ClN2O3. The highest BCUT2D eigenvalue weighted by Gasteiger charge is 2.17. The fourth-order valence-corrected chi connectivity index (χ4v) is 2.48. The Balaban J connectivity index is 2.25. The summed E-state index contributed by atoms with van der Waals surface area (Å²) in [4.78, 5) is 16.7. The number of carbonyl (C=O) groups is 1. The van der Waals surface area contributed by atoms with E-state index < -0.39 is 0 Å². The maximum atomic E-state index is 12.5. The van der Waals surface area contributed by atoms with E-state index in [2.05, 4.69) is 17.2 Å². The van der Waals surface area contributed by atoms with Crippen LogP contribution in [-0.4, -0.2) is 24.1 Å². The fourth-order valence-electron chi connectivity index (χ4n) is 2.22. The number of aromatic nitrogens is 1. The highest BCUT2D eigenvalue weighted by Crippen LogP contribution is 2.37. The van der Waals surface area contributed by atoms with Crippen LogP contribution in [0.3, 0.4) is 0 Å². The Labute approximate surface area is 153 Å². The lowest BCUT2D eigenvalue weighted by Gasteiger charge is -2.15. The molecule has 0 radical (unpaired) electrons. The number of aryl methyl sites for hydroxylation is 1. The van der Waals surface area contributed by atoms with Gasteiger partial charge in [-0.3, -0.25) is 4.79 Å². The molecule has 0 aliphatic rings. The van der Waals surface area contributed by atoms with Crippen molar-refractivity contribution in [3.8, 4) is 11.5 Å². The number of halogens is 1. The molecule has 2 aromatic rings. The standard InChI is InChI=1S/C19H23ClN2O3/c1-4-6-10-25-17-15(20)11-14(12-16(17)24-5-2)19(23)22-18-13(3)8-7-9-21-18/h7-9,11-12H,4-6,10H2,1-3H3,(H,21,22,23). The Bertz CT molecular complexity index is 735. The van der Waals surface area contributed by atoms with Gasteiger partial charge in [-0.15, -0.1) is 0 Å². The van der Waals surface area contributed by atoms with Crippen molar-refractivity contribution in [2.24, 2.45) is 0 Å². The number of ether oxygens (including phenoxy) is 2. The molecule has 1 amide bonds. The molecule has 0 saturated heterocycles. The van der Waals surface area contributed by atoms with Gasteiger partial charge in [0.25, 0.3) is 5.91 Å². The molecule has 5 nitrogen and oxygen atoms in total. The number of carbonyl (C=O) groups excluding carboxylic acids is 1. The van der Waals surface area contributed by atoms with E-state index in [1.165, 1.54) is 0 Å². The monoisotopic (exact) mass is 362 g/mol. The number of hydrogen-bond acceptors (Lipinski definition) is 4. The molecule has 0 aliphatic carbocycles. The van der Waals surface area contributed by atoms with Gasteiger partial charge in [-0.05, 0) is 44.0 Å². The van der Waals surface area contributed by atoms with Crippen LogP contribution in [-0.2, 0) is 0 Å². The van der Waals surface area contributed by atoms with Crippen molar-refractivity contribution in [3.63, 3.8) is 0 Å². The van der Waals surface area contributed by atoms with Crippen LogP contribution in [0.4, 0.5) is 5.82 Å². The van der Waals surface area contributed by atoms with Gasteiger partial charge in [-0.1, -0.05) is 31.0 Å². The van der Waals surface area contributed by atoms with E-state index in [-0.39, 0.29) is 5.91 Å². The van der Waals surface area contributed by atoms with Crippen molar-refractivity contribution in [2.75, 3.05) is 18.5 Å². The molecule has 1 aromatic carbocycles. The van der Waals surface area contributed by atoms with E-state index in [0.29, 0.717) is 41.1 Å². The van der Waals surface area contributed by atoms with Crippen LogP contribution >= 0.6 is 11.6 Å². The summed E-state index contributed by atoms with van der Waals surface area (Å²) in [7, 11) is 0. The molecule has 0 spiro atoms. The van der Waals surface area contributed by atoms with Crippen molar-refractivity contribution >= 4 is 23.3 Å². The Hall–Kier alpha value is -2.27. The molecule has 134 valence electrons. The SMILES string of the molecule is CCCCOc1c(Cl)cc(C(=O)Nc2ncccc2C)cc1OCC. The third-order valence-electron chi connectivity index (χ3n) is 3.56. The quantitative estimate of drug-likeness (QED) is 0.680. The summed E-state index contributed by atoms with van der Waals surface area (Å²) >= 11 is 6.33. The van der Waals surface area contributed by atoms with Gasteiger partial charge in [0.15, 0.2) is 11.5 Å². The largest absolute Gasteiger partial charge is 0.490 e. The number of unbranched alkanes of at least 4 members (excludes halogenated alkanes) is 1. The highest BCUT2D eigenvalue weighted by atomic mass is 35.5. The molecule has 0 atom stereocenters. The molecule has 0 aliphatic heterocycles. The van der Waals surface area contributed by atoms with Crippen molar-refractivity contribution in [1.29, 1.82) is 0 Å². The zero-order valence-corrected chi connectivity index (χ0v) is 15.5. The lowest BCUT2D eigenvalue weighted by atomic mass is 10.1. The molecule has 0 unspecified atom stereocenters. The average Bonchev–Trinajstić information content (AvgIpc) is 2.59. The van der Waals surface area contributed by atoms with Crippen LogP contribution in [0.5, 0.6) is 11.5 Å². The Kier molecular flexibility index (Phi) is 7.07. The second-order valence-corrected chi connectivity index (χ2v) is 5.95. The first-order valence-corrected chi connectivity index (χ1v) is 8.76. The summed E-state index contributed by atoms with van der Waals surface area (Å²) < 4.78 is 11.3. The molecule has 25 heavy (non-hydrogen) atoms. The van der Waals surface area contributed by atoms with Gasteiger partial charge in [-0.2, -0.15) is 0 Å². The minimum atomic E-state index is -0.301. The average molecular weight is 363 g/mol. The normalized spacial score (nSPS) is 10.4. The third-order valence-corrected chi connectivity index (χ3v) is 3.84. The molecule has 6 heteroatoms. The summed E-state index contributed by atoms with van der Waals surface area (Å²) in [6, 6.07) is 6.92. The predicted octanol–water partition coefficient (Wildman–Crippen LogP) is 4.87. The van der Waals surface area contributed by atoms with Crippen LogP contribution < -0.4 is 14.8 Å². The van der Waals surface area contributed by atoms with E-state index in [4.69, 9.17) is 21.1 Å². The first-order valence-electron chi connectivity index (χ1n) is 8.38. The van der Waals surface area contributed by atoms with Crippen LogP contribution in [0, 0.1) is 6.92 Å². The number of nitrogens with one attached hydrogen (secondary N) is 1. The smallest absolute Gasteiger partial charge is 0.257 e. The Morgan fingerprint density at radius 1 is 1.28 bits per heavy atom. The van der Waals surface area contributed by atoms with Crippen LogP contribution in [0.1, 0.15) is 42.6 Å². The van der Waals surface area contributed by atoms with Gasteiger partial charge in [-0.25, -0.2) is 4.98 Å². The van der Waals surface area contributed by atoms with Gasteiger partial charge < -0.3 is 14.8 Å². The van der Waals surface area contributed by atoms with Gasteiger partial charge in [0, 0.05) is 11.8 Å². The molecular weight excluding hydrogens is 340 g/mol. The Morgan fingerprint density at radius 2 is 2.08 bits per heavy atom. The zero-order chi connectivity index (χ0) is 18.2. The minimum absolute atomic E-state index is 0.301. The summed E-state index contributed by atoms with van der Waals surface area (Å²) in [5, 5.41) is 3.14. The van der Waals surface area contributed by atoms with Gasteiger partial charge in [0.1, 0.15) is 5.82 Å². The maximum Gasteiger partial charge on any atom is 0.257 e. The van der Waals surface area contributed by atoms with Gasteiger partial charge in [0.2, 0.25) is 0 Å². The number of anilines is 1. The van der Waals surface area contributed by atoms with E-state index in [9.17, 15) is 4.79 Å². The van der Waals surface area contributed by atoms with E-state index >= 15 is 0 Å². The number of rotatable bonds is 8. The predicted molar refractivity (Wildman–Crippen MR) is 100.0 cm³/mol. The molecule has 0 saturated carbocycles. The van der Waals surface area contributed by atoms with Crippen LogP contribution in [0.15, 0.2) is 30.5 Å². The minimum Gasteiger partial charge on any atom is -0.490 e. The van der Waals surface area contributed by atoms with Crippen LogP contribution in [0.25, 0.3) is 0 Å². The van der Waals surface area contributed by atoms with Crippen molar-refractivity contribution in [3.05, 3.63) is 46.6 Å². The molecule has 0 fully saturated rings. The fraction of sp³-hybridized carbons (Fsp3) is 0.368. The number of nitrogens with zero attached hydrogens (tertiary/aromatic N) is 1. The molecule has 1 aromatic heterocycles. The first-order chi connectivity index (χ1) is 12.1. The second kappa shape index (κ2) is 9.28. The van der Waals surface area contributed by atoms with Crippen molar-refractivity contribution in [2.45, 2.75) is 33.6 Å². The van der Waals surface area contributed by atoms with E-state index in [0.717, 1.165) is 18.4 Å². The van der Waals surface area contributed by atoms with Gasteiger partial charge >= 0.3 is 0 Å². The summed E-state index contributed by atoms with van der Waals surface area (Å²) in [6.45, 7) is 6.83. The maximum absolute atomic E-state index is 12.5. The first kappa shape index (κ1) is 19.1. The molecule has 1 heterocycles. The topological polar surface area (TPSA) is 60.5 Å². The number of amides is 1. The zero-order valence-electron chi connectivity index (χ0n) is 14.8. The lowest BCUT2D eigenvalue weighted by Crippen LogP contribution is -2.14. The molecule has 2 rings (SSSR count). The highest BCUT2D eigenvalue weighted by molar-refractivity contribution is 6.32. The van der Waals surface area contributed by atoms with Crippen LogP contribution in [0.2, 0.25) is 5.02 Å². The van der Waals surface area contributed by atoms with E-state index in [1.807, 2.05) is 26.0 Å². The number of pyridine rings is 1. The molecule has 0 bridgehead atoms. The summed E-state index contributed by atoms with van der Waals surface area (Å²) in [5.41, 5.74) is 1.27. The molecule has 1 N–H and O–H groups in total. The number of hydrogen-bond donors (Lipinski definition) is 1. The van der Waals surface area contributed by atoms with E-state index in [1.54, 1.807) is 18.3 Å². The second-order valence-electron chi connectivity index (χ2n) is 5.54. The third kappa shape index (κ3) is 5.10.